The molecule has 6 heteroatoms. The molecule has 92 valence electrons. The van der Waals surface area contributed by atoms with Crippen molar-refractivity contribution in [3.8, 4) is 0 Å². The Labute approximate surface area is 103 Å². The van der Waals surface area contributed by atoms with Crippen LogP contribution in [0.3, 0.4) is 0 Å². The lowest BCUT2D eigenvalue weighted by molar-refractivity contribution is -0.137. The van der Waals surface area contributed by atoms with Crippen LogP contribution in [0, 0.1) is 0 Å². The van der Waals surface area contributed by atoms with Crippen molar-refractivity contribution in [2.45, 2.75) is 13.3 Å². The van der Waals surface area contributed by atoms with Crippen molar-refractivity contribution in [2.24, 2.45) is 0 Å². The van der Waals surface area contributed by atoms with E-state index in [1.54, 1.807) is 12.4 Å². The molecule has 0 fully saturated rings. The van der Waals surface area contributed by atoms with Crippen LogP contribution >= 0.6 is 11.3 Å². The summed E-state index contributed by atoms with van der Waals surface area (Å²) >= 11 is 1.19. The zero-order chi connectivity index (χ0) is 13.0. The highest BCUT2D eigenvalue weighted by molar-refractivity contribution is 7.12. The number of rotatable bonds is 5. The predicted molar refractivity (Wildman–Crippen MR) is 63.5 cm³/mol. The summed E-state index contributed by atoms with van der Waals surface area (Å²) in [6, 6.07) is 1.53. The summed E-state index contributed by atoms with van der Waals surface area (Å²) < 4.78 is 0. The Bertz CT molecular complexity index is 452. The average molecular weight is 255 g/mol. The number of carbonyl (C=O) groups excluding carboxylic acids is 2. The van der Waals surface area contributed by atoms with Gasteiger partial charge in [0.25, 0.3) is 5.91 Å². The summed E-state index contributed by atoms with van der Waals surface area (Å²) in [6.45, 7) is 1.59. The second-order valence-corrected chi connectivity index (χ2v) is 4.54. The van der Waals surface area contributed by atoms with Crippen molar-refractivity contribution in [1.82, 2.24) is 4.90 Å². The van der Waals surface area contributed by atoms with E-state index >= 15 is 0 Å². The van der Waals surface area contributed by atoms with E-state index in [4.69, 9.17) is 5.11 Å². The Morgan fingerprint density at radius 3 is 2.53 bits per heavy atom. The zero-order valence-corrected chi connectivity index (χ0v) is 10.4. The topological polar surface area (TPSA) is 74.7 Å². The molecular formula is C11H13NO4S. The summed E-state index contributed by atoms with van der Waals surface area (Å²) in [5, 5.41) is 10.1. The maximum absolute atomic E-state index is 11.8. The van der Waals surface area contributed by atoms with Gasteiger partial charge in [0.1, 0.15) is 0 Å². The van der Waals surface area contributed by atoms with Crippen molar-refractivity contribution in [1.29, 1.82) is 0 Å². The first-order valence-electron chi connectivity index (χ1n) is 4.98. The van der Waals surface area contributed by atoms with E-state index < -0.39 is 5.97 Å². The fourth-order valence-electron chi connectivity index (χ4n) is 1.19. The highest BCUT2D eigenvalue weighted by atomic mass is 32.1. The number of carbonyl (C=O) groups is 3. The maximum atomic E-state index is 11.8. The third-order valence-corrected chi connectivity index (χ3v) is 3.14. The van der Waals surface area contributed by atoms with Crippen LogP contribution in [0.15, 0.2) is 11.4 Å². The van der Waals surface area contributed by atoms with Gasteiger partial charge in [0.05, 0.1) is 11.3 Å². The van der Waals surface area contributed by atoms with Gasteiger partial charge in [-0.05, 0) is 13.0 Å². The third kappa shape index (κ3) is 3.67. The van der Waals surface area contributed by atoms with E-state index in [-0.39, 0.29) is 24.7 Å². The highest BCUT2D eigenvalue weighted by Gasteiger charge is 2.15. The van der Waals surface area contributed by atoms with Gasteiger partial charge in [-0.2, -0.15) is 0 Å². The summed E-state index contributed by atoms with van der Waals surface area (Å²) in [4.78, 5) is 35.1. The number of ketones is 1. The maximum Gasteiger partial charge on any atom is 0.305 e. The lowest BCUT2D eigenvalue weighted by Crippen LogP contribution is -2.28. The smallest absolute Gasteiger partial charge is 0.305 e. The quantitative estimate of drug-likeness (QED) is 0.809. The largest absolute Gasteiger partial charge is 0.481 e. The van der Waals surface area contributed by atoms with Crippen molar-refractivity contribution in [3.63, 3.8) is 0 Å². The van der Waals surface area contributed by atoms with Gasteiger partial charge in [-0.3, -0.25) is 14.4 Å². The average Bonchev–Trinajstić information content (AvgIpc) is 2.73. The number of nitrogens with zero attached hydrogens (tertiary/aromatic N) is 1. The normalized spacial score (nSPS) is 10.0. The van der Waals surface area contributed by atoms with Gasteiger partial charge < -0.3 is 10.0 Å². The van der Waals surface area contributed by atoms with Crippen LogP contribution in [0.25, 0.3) is 0 Å². The van der Waals surface area contributed by atoms with E-state index in [2.05, 4.69) is 0 Å². The Balaban J connectivity index is 2.68. The van der Waals surface area contributed by atoms with Crippen molar-refractivity contribution in [2.75, 3.05) is 13.6 Å². The lowest BCUT2D eigenvalue weighted by Gasteiger charge is -2.14. The monoisotopic (exact) mass is 255 g/mol. The van der Waals surface area contributed by atoms with Crippen LogP contribution in [0.5, 0.6) is 0 Å². The fourth-order valence-corrected chi connectivity index (χ4v) is 2.13. The Kier molecular flexibility index (Phi) is 4.39. The number of amides is 1. The molecule has 17 heavy (non-hydrogen) atoms. The van der Waals surface area contributed by atoms with Crippen LogP contribution in [-0.2, 0) is 4.79 Å². The second-order valence-electron chi connectivity index (χ2n) is 3.63. The molecule has 0 aromatic carbocycles. The van der Waals surface area contributed by atoms with Crippen LogP contribution < -0.4 is 0 Å². The second kappa shape index (κ2) is 5.58. The summed E-state index contributed by atoms with van der Waals surface area (Å²) in [5.74, 6) is -1.29. The van der Waals surface area contributed by atoms with Crippen LogP contribution in [-0.4, -0.2) is 41.3 Å². The molecule has 5 nitrogen and oxygen atoms in total. The van der Waals surface area contributed by atoms with Crippen LogP contribution in [0.4, 0.5) is 0 Å². The van der Waals surface area contributed by atoms with E-state index in [1.165, 1.54) is 29.2 Å². The molecule has 0 radical (unpaired) electrons. The van der Waals surface area contributed by atoms with Gasteiger partial charge in [-0.25, -0.2) is 0 Å². The summed E-state index contributed by atoms with van der Waals surface area (Å²) in [7, 11) is 1.54. The van der Waals surface area contributed by atoms with Crippen molar-refractivity contribution >= 4 is 29.0 Å². The molecule has 1 rings (SSSR count). The molecule has 0 bridgehead atoms. The van der Waals surface area contributed by atoms with Gasteiger partial charge in [0.15, 0.2) is 5.78 Å². The molecule has 0 spiro atoms. The molecule has 1 aromatic heterocycles. The van der Waals surface area contributed by atoms with Crippen molar-refractivity contribution < 1.29 is 19.5 Å². The van der Waals surface area contributed by atoms with Crippen LogP contribution in [0.1, 0.15) is 33.4 Å². The van der Waals surface area contributed by atoms with Crippen molar-refractivity contribution in [3.05, 3.63) is 21.9 Å². The van der Waals surface area contributed by atoms with Gasteiger partial charge >= 0.3 is 5.97 Å². The molecular weight excluding hydrogens is 242 g/mol. The third-order valence-electron chi connectivity index (χ3n) is 2.22. The number of thiophene rings is 1. The van der Waals surface area contributed by atoms with E-state index in [1.807, 2.05) is 0 Å². The first kappa shape index (κ1) is 13.4. The summed E-state index contributed by atoms with van der Waals surface area (Å²) in [5.41, 5.74) is 0.505. The lowest BCUT2D eigenvalue weighted by atomic mass is 10.2. The molecule has 0 saturated carbocycles. The zero-order valence-electron chi connectivity index (χ0n) is 9.60. The van der Waals surface area contributed by atoms with E-state index in [9.17, 15) is 14.4 Å². The highest BCUT2D eigenvalue weighted by Crippen LogP contribution is 2.17. The number of carboxylic acids is 1. The Morgan fingerprint density at radius 1 is 1.41 bits per heavy atom. The number of Topliss-reactive ketones (excluding diaryl/α,β-unsaturated/α-hetero) is 1. The standard InChI is InChI=1S/C11H13NO4S/c1-7(13)8-5-9(17-6-8)11(16)12(2)4-3-10(14)15/h5-6H,3-4H2,1-2H3,(H,14,15). The number of carboxylic acid groups (broad SMARTS) is 1. The molecule has 0 atom stereocenters. The van der Waals surface area contributed by atoms with Gasteiger partial charge in [-0.1, -0.05) is 0 Å². The minimum Gasteiger partial charge on any atom is -0.481 e. The molecule has 1 heterocycles. The predicted octanol–water partition coefficient (Wildman–Crippen LogP) is 1.50. The molecule has 1 aromatic rings. The minimum atomic E-state index is -0.944. The van der Waals surface area contributed by atoms with Crippen LogP contribution in [0.2, 0.25) is 0 Å². The molecule has 0 unspecified atom stereocenters. The van der Waals surface area contributed by atoms with Gasteiger partial charge in [0, 0.05) is 24.5 Å². The van der Waals surface area contributed by atoms with E-state index in [0.29, 0.717) is 10.4 Å². The van der Waals surface area contributed by atoms with Gasteiger partial charge in [0.2, 0.25) is 0 Å². The fraction of sp³-hybridized carbons (Fsp3) is 0.364. The first-order valence-corrected chi connectivity index (χ1v) is 5.86. The molecule has 0 aliphatic heterocycles. The molecule has 0 aliphatic rings. The Morgan fingerprint density at radius 2 is 2.06 bits per heavy atom. The number of aliphatic carboxylic acids is 1. The number of hydrogen-bond acceptors (Lipinski definition) is 4. The van der Waals surface area contributed by atoms with E-state index in [0.717, 1.165) is 0 Å². The van der Waals surface area contributed by atoms with Gasteiger partial charge in [-0.15, -0.1) is 11.3 Å². The Hall–Kier alpha value is -1.69. The molecule has 1 amide bonds. The molecule has 0 aliphatic carbocycles. The minimum absolute atomic E-state index is 0.0894. The number of hydrogen-bond donors (Lipinski definition) is 1. The summed E-state index contributed by atoms with van der Waals surface area (Å²) in [6.07, 6.45) is -0.0901. The molecule has 0 saturated heterocycles. The first-order chi connectivity index (χ1) is 7.91. The SMILES string of the molecule is CC(=O)c1csc(C(=O)N(C)CCC(=O)O)c1. The molecule has 1 N–H and O–H groups in total.